The van der Waals surface area contributed by atoms with Crippen LogP contribution in [0.25, 0.3) is 0 Å². The smallest absolute Gasteiger partial charge is 0.0473 e. The maximum absolute atomic E-state index is 3.51. The van der Waals surface area contributed by atoms with E-state index in [0.717, 1.165) is 19.1 Å². The Balaban J connectivity index is 2.01. The van der Waals surface area contributed by atoms with Gasteiger partial charge in [-0.2, -0.15) is 0 Å². The third-order valence-electron chi connectivity index (χ3n) is 5.05. The standard InChI is InChI=1S/C18H31N3/c1-5-20(6-2)17-12-13-21(14-17)15(3)18(19-4)16-10-8-7-9-11-16/h7-11,15,17-19H,5-6,12-14H2,1-4H3. The summed E-state index contributed by atoms with van der Waals surface area (Å²) in [5, 5.41) is 3.51. The predicted octanol–water partition coefficient (Wildman–Crippen LogP) is 2.75. The molecule has 118 valence electrons. The topological polar surface area (TPSA) is 18.5 Å². The van der Waals surface area contributed by atoms with Gasteiger partial charge in [0.05, 0.1) is 0 Å². The molecule has 0 spiro atoms. The first-order chi connectivity index (χ1) is 10.2. The highest BCUT2D eigenvalue weighted by molar-refractivity contribution is 5.20. The van der Waals surface area contributed by atoms with E-state index in [2.05, 4.69) is 73.3 Å². The van der Waals surface area contributed by atoms with Gasteiger partial charge < -0.3 is 5.32 Å². The lowest BCUT2D eigenvalue weighted by Gasteiger charge is -2.33. The lowest BCUT2D eigenvalue weighted by atomic mass is 9.99. The van der Waals surface area contributed by atoms with E-state index in [9.17, 15) is 0 Å². The van der Waals surface area contributed by atoms with Crippen molar-refractivity contribution in [3.63, 3.8) is 0 Å². The molecule has 1 aliphatic heterocycles. The number of benzene rings is 1. The van der Waals surface area contributed by atoms with Gasteiger partial charge in [-0.25, -0.2) is 0 Å². The quantitative estimate of drug-likeness (QED) is 0.832. The molecular formula is C18H31N3. The SMILES string of the molecule is CCN(CC)C1CCN(C(C)C(NC)c2ccccc2)C1. The van der Waals surface area contributed by atoms with Crippen molar-refractivity contribution in [3.05, 3.63) is 35.9 Å². The number of hydrogen-bond acceptors (Lipinski definition) is 3. The minimum Gasteiger partial charge on any atom is -0.312 e. The molecule has 0 aliphatic carbocycles. The van der Waals surface area contributed by atoms with Gasteiger partial charge in [0.15, 0.2) is 0 Å². The molecule has 1 aliphatic rings. The van der Waals surface area contributed by atoms with Crippen molar-refractivity contribution in [1.29, 1.82) is 0 Å². The highest BCUT2D eigenvalue weighted by Gasteiger charge is 2.32. The molecule has 0 saturated carbocycles. The summed E-state index contributed by atoms with van der Waals surface area (Å²) in [6, 6.07) is 12.5. The monoisotopic (exact) mass is 289 g/mol. The molecule has 1 aromatic carbocycles. The Morgan fingerprint density at radius 2 is 1.90 bits per heavy atom. The van der Waals surface area contributed by atoms with Crippen LogP contribution in [0.4, 0.5) is 0 Å². The number of rotatable bonds is 7. The van der Waals surface area contributed by atoms with E-state index >= 15 is 0 Å². The molecule has 0 aromatic heterocycles. The van der Waals surface area contributed by atoms with Crippen LogP contribution >= 0.6 is 0 Å². The summed E-state index contributed by atoms with van der Waals surface area (Å²) in [6.45, 7) is 11.7. The summed E-state index contributed by atoms with van der Waals surface area (Å²) < 4.78 is 0. The molecule has 1 saturated heterocycles. The van der Waals surface area contributed by atoms with Gasteiger partial charge >= 0.3 is 0 Å². The normalized spacial score (nSPS) is 22.6. The van der Waals surface area contributed by atoms with E-state index in [-0.39, 0.29) is 0 Å². The fraction of sp³-hybridized carbons (Fsp3) is 0.667. The Morgan fingerprint density at radius 3 is 2.48 bits per heavy atom. The van der Waals surface area contributed by atoms with E-state index in [1.807, 2.05) is 0 Å². The second-order valence-corrected chi connectivity index (χ2v) is 6.08. The number of nitrogens with one attached hydrogen (secondary N) is 1. The first-order valence-electron chi connectivity index (χ1n) is 8.41. The molecule has 1 fully saturated rings. The Morgan fingerprint density at radius 1 is 1.24 bits per heavy atom. The maximum atomic E-state index is 3.51. The van der Waals surface area contributed by atoms with E-state index in [4.69, 9.17) is 0 Å². The van der Waals surface area contributed by atoms with Crippen molar-refractivity contribution in [2.45, 2.75) is 45.3 Å². The van der Waals surface area contributed by atoms with Crippen LogP contribution in [0.1, 0.15) is 38.8 Å². The third kappa shape index (κ3) is 3.85. The first-order valence-corrected chi connectivity index (χ1v) is 8.41. The van der Waals surface area contributed by atoms with Crippen LogP contribution in [-0.4, -0.2) is 55.1 Å². The average molecular weight is 289 g/mol. The summed E-state index contributed by atoms with van der Waals surface area (Å²) in [6.07, 6.45) is 1.30. The summed E-state index contributed by atoms with van der Waals surface area (Å²) in [7, 11) is 2.08. The summed E-state index contributed by atoms with van der Waals surface area (Å²) in [5.74, 6) is 0. The van der Waals surface area contributed by atoms with E-state index in [0.29, 0.717) is 12.1 Å². The number of likely N-dealkylation sites (tertiary alicyclic amines) is 1. The predicted molar refractivity (Wildman–Crippen MR) is 90.6 cm³/mol. The zero-order chi connectivity index (χ0) is 15.2. The molecule has 1 heterocycles. The fourth-order valence-corrected chi connectivity index (χ4v) is 3.73. The first kappa shape index (κ1) is 16.5. The van der Waals surface area contributed by atoms with Gasteiger partial charge in [-0.05, 0) is 39.0 Å². The van der Waals surface area contributed by atoms with Crippen LogP contribution in [0.15, 0.2) is 30.3 Å². The van der Waals surface area contributed by atoms with Crippen molar-refractivity contribution < 1.29 is 0 Å². The summed E-state index contributed by atoms with van der Waals surface area (Å²) in [4.78, 5) is 5.25. The van der Waals surface area contributed by atoms with Gasteiger partial charge in [-0.1, -0.05) is 44.2 Å². The van der Waals surface area contributed by atoms with Crippen LogP contribution in [0, 0.1) is 0 Å². The van der Waals surface area contributed by atoms with Gasteiger partial charge in [0.1, 0.15) is 0 Å². The summed E-state index contributed by atoms with van der Waals surface area (Å²) in [5.41, 5.74) is 1.39. The van der Waals surface area contributed by atoms with Gasteiger partial charge in [0.25, 0.3) is 0 Å². The lowest BCUT2D eigenvalue weighted by Crippen LogP contribution is -2.43. The number of likely N-dealkylation sites (N-methyl/N-ethyl adjacent to an activating group) is 2. The number of hydrogen-bond donors (Lipinski definition) is 1. The molecule has 1 aromatic rings. The molecule has 2 rings (SSSR count). The molecule has 3 unspecified atom stereocenters. The Labute approximate surface area is 130 Å². The second-order valence-electron chi connectivity index (χ2n) is 6.08. The fourth-order valence-electron chi connectivity index (χ4n) is 3.73. The molecule has 0 radical (unpaired) electrons. The molecule has 0 bridgehead atoms. The van der Waals surface area contributed by atoms with E-state index in [1.54, 1.807) is 0 Å². The largest absolute Gasteiger partial charge is 0.312 e. The highest BCUT2D eigenvalue weighted by Crippen LogP contribution is 2.25. The molecular weight excluding hydrogens is 258 g/mol. The van der Waals surface area contributed by atoms with Crippen molar-refractivity contribution in [2.75, 3.05) is 33.2 Å². The zero-order valence-electron chi connectivity index (χ0n) is 14.0. The number of nitrogens with zero attached hydrogens (tertiary/aromatic N) is 2. The van der Waals surface area contributed by atoms with Crippen LogP contribution in [-0.2, 0) is 0 Å². The van der Waals surface area contributed by atoms with Gasteiger partial charge in [0.2, 0.25) is 0 Å². The Kier molecular flexibility index (Phi) is 6.22. The molecule has 3 atom stereocenters. The molecule has 1 N–H and O–H groups in total. The molecule has 3 heteroatoms. The van der Waals surface area contributed by atoms with Crippen molar-refractivity contribution >= 4 is 0 Å². The van der Waals surface area contributed by atoms with E-state index < -0.39 is 0 Å². The van der Waals surface area contributed by atoms with Crippen molar-refractivity contribution in [2.24, 2.45) is 0 Å². The van der Waals surface area contributed by atoms with Crippen LogP contribution < -0.4 is 5.32 Å². The second kappa shape index (κ2) is 7.92. The minimum absolute atomic E-state index is 0.404. The Hall–Kier alpha value is -0.900. The molecule has 3 nitrogen and oxygen atoms in total. The lowest BCUT2D eigenvalue weighted by molar-refractivity contribution is 0.174. The summed E-state index contributed by atoms with van der Waals surface area (Å²) >= 11 is 0. The minimum atomic E-state index is 0.404. The van der Waals surface area contributed by atoms with Crippen LogP contribution in [0.2, 0.25) is 0 Å². The van der Waals surface area contributed by atoms with Crippen molar-refractivity contribution in [3.8, 4) is 0 Å². The molecule has 21 heavy (non-hydrogen) atoms. The molecule has 0 amide bonds. The highest BCUT2D eigenvalue weighted by atomic mass is 15.3. The Bertz CT molecular complexity index is 402. The average Bonchev–Trinajstić information content (AvgIpc) is 3.00. The van der Waals surface area contributed by atoms with Gasteiger partial charge in [0, 0.05) is 31.2 Å². The van der Waals surface area contributed by atoms with Gasteiger partial charge in [-0.15, -0.1) is 0 Å². The van der Waals surface area contributed by atoms with Crippen LogP contribution in [0.3, 0.4) is 0 Å². The maximum Gasteiger partial charge on any atom is 0.0473 e. The third-order valence-corrected chi connectivity index (χ3v) is 5.05. The zero-order valence-corrected chi connectivity index (χ0v) is 14.0. The van der Waals surface area contributed by atoms with Crippen LogP contribution in [0.5, 0.6) is 0 Å². The van der Waals surface area contributed by atoms with E-state index in [1.165, 1.54) is 25.1 Å². The van der Waals surface area contributed by atoms with Gasteiger partial charge in [-0.3, -0.25) is 9.80 Å². The van der Waals surface area contributed by atoms with Crippen molar-refractivity contribution in [1.82, 2.24) is 15.1 Å².